The maximum Gasteiger partial charge on any atom is 0.213 e. The Morgan fingerprint density at radius 1 is 1.58 bits per heavy atom. The molecule has 3 N–H and O–H groups in total. The maximum absolute atomic E-state index is 11.7. The Morgan fingerprint density at radius 3 is 2.84 bits per heavy atom. The Morgan fingerprint density at radius 2 is 2.32 bits per heavy atom. The monoisotopic (exact) mass is 286 g/mol. The Hall–Kier alpha value is -1.18. The van der Waals surface area contributed by atoms with Crippen molar-refractivity contribution >= 4 is 9.84 Å². The number of nitrogens with zero attached hydrogens (tertiary/aromatic N) is 1. The zero-order valence-electron chi connectivity index (χ0n) is 10.7. The van der Waals surface area contributed by atoms with Crippen molar-refractivity contribution < 1.29 is 18.3 Å². The average Bonchev–Trinajstić information content (AvgIpc) is 2.75. The molecule has 0 aromatic carbocycles. The highest BCUT2D eigenvalue weighted by Gasteiger charge is 2.47. The second-order valence-corrected chi connectivity index (χ2v) is 7.10. The summed E-state index contributed by atoms with van der Waals surface area (Å²) < 4.78 is 28.3. The van der Waals surface area contributed by atoms with Crippen LogP contribution in [0.4, 0.5) is 0 Å². The van der Waals surface area contributed by atoms with Gasteiger partial charge in [-0.1, -0.05) is 6.07 Å². The minimum absolute atomic E-state index is 0.0607. The van der Waals surface area contributed by atoms with E-state index in [0.29, 0.717) is 18.0 Å². The molecule has 7 heteroatoms. The molecule has 1 aliphatic rings. The molecular formula is C12H18N2O4S. The van der Waals surface area contributed by atoms with Gasteiger partial charge in [0.25, 0.3) is 0 Å². The van der Waals surface area contributed by atoms with E-state index < -0.39 is 21.4 Å². The molecule has 1 fully saturated rings. The molecule has 2 heterocycles. The molecule has 0 spiro atoms. The molecule has 0 amide bonds. The number of pyridine rings is 1. The topological polar surface area (TPSA) is 103 Å². The number of aliphatic hydroxyl groups excluding tert-OH is 1. The lowest BCUT2D eigenvalue weighted by molar-refractivity contribution is 0.0432. The number of nitrogens with two attached hydrogens (primary N) is 1. The van der Waals surface area contributed by atoms with Crippen LogP contribution in [0.5, 0.6) is 5.88 Å². The van der Waals surface area contributed by atoms with Crippen molar-refractivity contribution in [3.8, 4) is 5.88 Å². The molecule has 1 aromatic heterocycles. The van der Waals surface area contributed by atoms with Crippen LogP contribution in [-0.2, 0) is 9.84 Å². The van der Waals surface area contributed by atoms with Gasteiger partial charge in [0.2, 0.25) is 5.88 Å². The summed E-state index contributed by atoms with van der Waals surface area (Å²) >= 11 is 0. The van der Waals surface area contributed by atoms with Crippen molar-refractivity contribution in [1.29, 1.82) is 0 Å². The molecule has 19 heavy (non-hydrogen) atoms. The van der Waals surface area contributed by atoms with Crippen LogP contribution in [0.3, 0.4) is 0 Å². The van der Waals surface area contributed by atoms with Crippen LogP contribution >= 0.6 is 0 Å². The first kappa shape index (κ1) is 14.2. The second kappa shape index (κ2) is 5.07. The number of rotatable bonds is 4. The minimum atomic E-state index is -3.13. The third kappa shape index (κ3) is 2.72. The molecule has 1 aliphatic heterocycles. The Kier molecular flexibility index (Phi) is 3.80. The van der Waals surface area contributed by atoms with E-state index in [1.54, 1.807) is 18.2 Å². The predicted molar refractivity (Wildman–Crippen MR) is 70.5 cm³/mol. The van der Waals surface area contributed by atoms with Gasteiger partial charge in [0.15, 0.2) is 9.84 Å². The SMILES string of the molecule is COc1cccc(C(O)C2(CN)CCS(=O)(=O)C2)n1. The molecule has 0 aliphatic carbocycles. The van der Waals surface area contributed by atoms with E-state index in [0.717, 1.165) is 0 Å². The van der Waals surface area contributed by atoms with E-state index in [2.05, 4.69) is 4.98 Å². The maximum atomic E-state index is 11.7. The van der Waals surface area contributed by atoms with Crippen molar-refractivity contribution in [2.24, 2.45) is 11.1 Å². The highest BCUT2D eigenvalue weighted by atomic mass is 32.2. The molecule has 2 unspecified atom stereocenters. The van der Waals surface area contributed by atoms with Crippen molar-refractivity contribution in [1.82, 2.24) is 4.98 Å². The van der Waals surface area contributed by atoms with Gasteiger partial charge in [-0.2, -0.15) is 0 Å². The van der Waals surface area contributed by atoms with Crippen LogP contribution in [0.1, 0.15) is 18.2 Å². The summed E-state index contributed by atoms with van der Waals surface area (Å²) in [5.41, 5.74) is 5.26. The van der Waals surface area contributed by atoms with Crippen molar-refractivity contribution in [2.75, 3.05) is 25.2 Å². The summed E-state index contributed by atoms with van der Waals surface area (Å²) in [7, 11) is -1.65. The Bertz CT molecular complexity index is 561. The van der Waals surface area contributed by atoms with E-state index in [4.69, 9.17) is 10.5 Å². The van der Waals surface area contributed by atoms with Gasteiger partial charge in [0.1, 0.15) is 6.10 Å². The predicted octanol–water partition coefficient (Wildman–Crippen LogP) is -0.113. The van der Waals surface area contributed by atoms with Crippen LogP contribution in [-0.4, -0.2) is 43.7 Å². The summed E-state index contributed by atoms with van der Waals surface area (Å²) in [6.45, 7) is 0.103. The standard InChI is InChI=1S/C12H18N2O4S/c1-18-10-4-2-3-9(14-10)11(15)12(7-13)5-6-19(16,17)8-12/h2-4,11,15H,5-8,13H2,1H3. The van der Waals surface area contributed by atoms with Gasteiger partial charge >= 0.3 is 0 Å². The number of hydrogen-bond acceptors (Lipinski definition) is 6. The average molecular weight is 286 g/mol. The second-order valence-electron chi connectivity index (χ2n) is 4.92. The van der Waals surface area contributed by atoms with Crippen LogP contribution in [0.2, 0.25) is 0 Å². The first-order chi connectivity index (χ1) is 8.92. The van der Waals surface area contributed by atoms with E-state index in [9.17, 15) is 13.5 Å². The van der Waals surface area contributed by atoms with Gasteiger partial charge in [-0.25, -0.2) is 13.4 Å². The molecule has 2 rings (SSSR count). The highest BCUT2D eigenvalue weighted by molar-refractivity contribution is 7.91. The lowest BCUT2D eigenvalue weighted by Gasteiger charge is -2.31. The number of sulfone groups is 1. The number of aromatic nitrogens is 1. The molecule has 6 nitrogen and oxygen atoms in total. The largest absolute Gasteiger partial charge is 0.481 e. The molecule has 0 bridgehead atoms. The van der Waals surface area contributed by atoms with Gasteiger partial charge in [-0.05, 0) is 12.5 Å². The van der Waals surface area contributed by atoms with Crippen molar-refractivity contribution in [3.63, 3.8) is 0 Å². The minimum Gasteiger partial charge on any atom is -0.481 e. The number of hydrogen-bond donors (Lipinski definition) is 2. The van der Waals surface area contributed by atoms with Gasteiger partial charge in [0.05, 0.1) is 24.3 Å². The number of methoxy groups -OCH3 is 1. The third-order valence-corrected chi connectivity index (χ3v) is 5.48. The van der Waals surface area contributed by atoms with Gasteiger partial charge in [-0.3, -0.25) is 0 Å². The molecular weight excluding hydrogens is 268 g/mol. The normalized spacial score (nSPS) is 27.1. The summed E-state index contributed by atoms with van der Waals surface area (Å²) in [6.07, 6.45) is -0.656. The van der Waals surface area contributed by atoms with Crippen LogP contribution in [0, 0.1) is 5.41 Å². The van der Waals surface area contributed by atoms with E-state index in [1.165, 1.54) is 7.11 Å². The van der Waals surface area contributed by atoms with E-state index in [1.807, 2.05) is 0 Å². The quantitative estimate of drug-likeness (QED) is 0.800. The molecule has 106 valence electrons. The molecule has 2 atom stereocenters. The van der Waals surface area contributed by atoms with Crippen molar-refractivity contribution in [2.45, 2.75) is 12.5 Å². The fourth-order valence-electron chi connectivity index (χ4n) is 2.44. The summed E-state index contributed by atoms with van der Waals surface area (Å²) in [4.78, 5) is 4.15. The van der Waals surface area contributed by atoms with Gasteiger partial charge in [-0.15, -0.1) is 0 Å². The molecule has 1 aromatic rings. The van der Waals surface area contributed by atoms with Gasteiger partial charge in [0, 0.05) is 18.0 Å². The zero-order valence-corrected chi connectivity index (χ0v) is 11.6. The van der Waals surface area contributed by atoms with Crippen LogP contribution in [0.25, 0.3) is 0 Å². The lowest BCUT2D eigenvalue weighted by Crippen LogP contribution is -2.38. The molecule has 0 saturated carbocycles. The van der Waals surface area contributed by atoms with E-state index >= 15 is 0 Å². The van der Waals surface area contributed by atoms with Gasteiger partial charge < -0.3 is 15.6 Å². The summed E-state index contributed by atoms with van der Waals surface area (Å²) in [6, 6.07) is 5.02. The molecule has 1 saturated heterocycles. The Balaban J connectivity index is 2.33. The first-order valence-electron chi connectivity index (χ1n) is 6.02. The number of aliphatic hydroxyl groups is 1. The van der Waals surface area contributed by atoms with Crippen molar-refractivity contribution in [3.05, 3.63) is 23.9 Å². The number of ether oxygens (including phenoxy) is 1. The third-order valence-electron chi connectivity index (χ3n) is 3.64. The summed E-state index contributed by atoms with van der Waals surface area (Å²) in [5, 5.41) is 10.5. The fraction of sp³-hybridized carbons (Fsp3) is 0.583. The smallest absolute Gasteiger partial charge is 0.213 e. The van der Waals surface area contributed by atoms with E-state index in [-0.39, 0.29) is 18.1 Å². The van der Waals surface area contributed by atoms with Crippen LogP contribution in [0.15, 0.2) is 18.2 Å². The molecule has 0 radical (unpaired) electrons. The fourth-order valence-corrected chi connectivity index (χ4v) is 4.60. The highest BCUT2D eigenvalue weighted by Crippen LogP contribution is 2.42. The van der Waals surface area contributed by atoms with Crippen LogP contribution < -0.4 is 10.5 Å². The summed E-state index contributed by atoms with van der Waals surface area (Å²) in [5.74, 6) is 0.339. The lowest BCUT2D eigenvalue weighted by atomic mass is 9.80. The first-order valence-corrected chi connectivity index (χ1v) is 7.84. The Labute approximate surface area is 112 Å². The zero-order chi connectivity index (χ0) is 14.1.